The van der Waals surface area contributed by atoms with Crippen LogP contribution in [-0.4, -0.2) is 50.1 Å². The van der Waals surface area contributed by atoms with Gasteiger partial charge < -0.3 is 19.6 Å². The topological polar surface area (TPSA) is 68.6 Å². The van der Waals surface area contributed by atoms with Gasteiger partial charge in [0.15, 0.2) is 0 Å². The van der Waals surface area contributed by atoms with E-state index in [1.165, 1.54) is 4.57 Å². The maximum absolute atomic E-state index is 13.4. The summed E-state index contributed by atoms with van der Waals surface area (Å²) in [6.45, 7) is 1.88. The van der Waals surface area contributed by atoms with Crippen LogP contribution in [0.4, 0.5) is 13.2 Å². The lowest BCUT2D eigenvalue weighted by molar-refractivity contribution is -0.139. The second-order valence-electron chi connectivity index (χ2n) is 8.63. The number of para-hydroxylation sites is 1. The van der Waals surface area contributed by atoms with E-state index in [9.17, 15) is 18.0 Å². The Balaban J connectivity index is 1.59. The summed E-state index contributed by atoms with van der Waals surface area (Å²) in [5, 5.41) is 0.713. The zero-order valence-corrected chi connectivity index (χ0v) is 18.1. The number of aryl methyl sites for hydroxylation is 1. The molecular weight excluding hydrogens is 431 g/mol. The van der Waals surface area contributed by atoms with Crippen molar-refractivity contribution in [3.8, 4) is 11.4 Å². The zero-order chi connectivity index (χ0) is 23.3. The molecule has 4 aromatic rings. The zero-order valence-electron chi connectivity index (χ0n) is 18.1. The van der Waals surface area contributed by atoms with Crippen LogP contribution in [0, 0.1) is 6.92 Å². The van der Waals surface area contributed by atoms with Crippen LogP contribution in [0.1, 0.15) is 28.9 Å². The van der Waals surface area contributed by atoms with Gasteiger partial charge in [-0.15, -0.1) is 0 Å². The minimum atomic E-state index is -4.38. The number of rotatable bonds is 3. The van der Waals surface area contributed by atoms with Crippen molar-refractivity contribution in [3.63, 3.8) is 0 Å². The Morgan fingerprint density at radius 2 is 2.00 bits per heavy atom. The molecule has 33 heavy (non-hydrogen) atoms. The molecule has 6 nitrogen and oxygen atoms in total. The minimum absolute atomic E-state index is 0.0257. The van der Waals surface area contributed by atoms with Crippen LogP contribution < -0.4 is 5.73 Å². The molecule has 0 unspecified atom stereocenters. The van der Waals surface area contributed by atoms with Gasteiger partial charge in [-0.3, -0.25) is 4.79 Å². The third-order valence-corrected chi connectivity index (χ3v) is 6.25. The first-order valence-electron chi connectivity index (χ1n) is 10.9. The van der Waals surface area contributed by atoms with E-state index in [0.29, 0.717) is 52.3 Å². The first-order valence-corrected chi connectivity index (χ1v) is 10.9. The van der Waals surface area contributed by atoms with Gasteiger partial charge in [-0.05, 0) is 44.0 Å². The fourth-order valence-electron chi connectivity index (χ4n) is 4.68. The molecule has 1 aromatic carbocycles. The molecule has 0 aliphatic carbocycles. The number of pyridine rings is 1. The van der Waals surface area contributed by atoms with Crippen molar-refractivity contribution in [2.45, 2.75) is 38.5 Å². The van der Waals surface area contributed by atoms with E-state index in [1.54, 1.807) is 58.0 Å². The summed E-state index contributed by atoms with van der Waals surface area (Å²) >= 11 is 0. The van der Waals surface area contributed by atoms with E-state index in [-0.39, 0.29) is 11.9 Å². The molecule has 4 heterocycles. The number of nitrogens with zero attached hydrogens (tertiary/aromatic N) is 4. The Labute approximate surface area is 188 Å². The Morgan fingerprint density at radius 1 is 1.21 bits per heavy atom. The molecule has 1 saturated heterocycles. The summed E-state index contributed by atoms with van der Waals surface area (Å²) in [6.07, 6.45) is -0.864. The summed E-state index contributed by atoms with van der Waals surface area (Å²) in [5.74, 6) is -0.110. The van der Waals surface area contributed by atoms with Crippen molar-refractivity contribution >= 4 is 22.5 Å². The molecule has 5 rings (SSSR count). The summed E-state index contributed by atoms with van der Waals surface area (Å²) < 4.78 is 43.2. The highest BCUT2D eigenvalue weighted by Crippen LogP contribution is 2.33. The first-order chi connectivity index (χ1) is 15.7. The monoisotopic (exact) mass is 455 g/mol. The molecule has 1 fully saturated rings. The molecule has 3 aromatic heterocycles. The van der Waals surface area contributed by atoms with Crippen LogP contribution >= 0.6 is 0 Å². The molecule has 0 saturated carbocycles. The number of aromatic nitrogens is 3. The molecule has 1 atom stereocenters. The molecule has 2 N–H and O–H groups in total. The predicted molar refractivity (Wildman–Crippen MR) is 120 cm³/mol. The summed E-state index contributed by atoms with van der Waals surface area (Å²) in [7, 11) is 0. The van der Waals surface area contributed by atoms with Gasteiger partial charge in [0, 0.05) is 47.5 Å². The lowest BCUT2D eigenvalue weighted by atomic mass is 10.1. The molecule has 0 radical (unpaired) electrons. The average Bonchev–Trinajstić information content (AvgIpc) is 3.29. The Morgan fingerprint density at radius 3 is 2.76 bits per heavy atom. The van der Waals surface area contributed by atoms with E-state index in [1.807, 2.05) is 6.92 Å². The lowest BCUT2D eigenvalue weighted by Crippen LogP contribution is -2.45. The van der Waals surface area contributed by atoms with Crippen LogP contribution in [0.5, 0.6) is 0 Å². The number of carbonyl (C=O) groups is 1. The van der Waals surface area contributed by atoms with Crippen LogP contribution in [0.3, 0.4) is 0 Å². The van der Waals surface area contributed by atoms with Gasteiger partial charge in [0.25, 0.3) is 5.91 Å². The third kappa shape index (κ3) is 3.97. The van der Waals surface area contributed by atoms with Gasteiger partial charge in [0.2, 0.25) is 0 Å². The highest BCUT2D eigenvalue weighted by atomic mass is 19.4. The molecule has 1 aliphatic heterocycles. The van der Waals surface area contributed by atoms with Crippen molar-refractivity contribution in [2.24, 2.45) is 5.73 Å². The Hall–Kier alpha value is -3.33. The van der Waals surface area contributed by atoms with Gasteiger partial charge in [0.1, 0.15) is 17.9 Å². The first kappa shape index (κ1) is 21.5. The molecule has 9 heteroatoms. The van der Waals surface area contributed by atoms with Crippen molar-refractivity contribution in [1.29, 1.82) is 0 Å². The lowest BCUT2D eigenvalue weighted by Gasteiger charge is -2.30. The van der Waals surface area contributed by atoms with Crippen LogP contribution in [0.15, 0.2) is 48.7 Å². The molecular formula is C24H24F3N5O. The summed E-state index contributed by atoms with van der Waals surface area (Å²) in [6, 6.07) is 12.1. The van der Waals surface area contributed by atoms with Crippen molar-refractivity contribution in [2.75, 3.05) is 13.1 Å². The number of benzene rings is 1. The van der Waals surface area contributed by atoms with Gasteiger partial charge in [-0.1, -0.05) is 18.2 Å². The molecule has 1 amide bonds. The fraction of sp³-hybridized carbons (Fsp3) is 0.333. The Bertz CT molecular complexity index is 1350. The van der Waals surface area contributed by atoms with E-state index >= 15 is 0 Å². The number of piperidine rings is 1. The number of alkyl halides is 3. The SMILES string of the molecule is Cc1c(-c2cc3ccccc3n2CC(F)(F)F)nc2cc(C(=O)N3CCC[C@@H](N)C3)ccn12. The minimum Gasteiger partial charge on any atom is -0.337 e. The number of likely N-dealkylation sites (tertiary alicyclic amines) is 1. The van der Waals surface area contributed by atoms with Gasteiger partial charge in [-0.2, -0.15) is 13.2 Å². The summed E-state index contributed by atoms with van der Waals surface area (Å²) in [4.78, 5) is 19.4. The standard InChI is InChI=1S/C24H24F3N5O/c1-15-22(20-11-16-5-2-3-7-19(16)32(20)14-24(25,26)27)29-21-12-17(8-10-31(15)21)23(33)30-9-4-6-18(28)13-30/h2-3,5,7-8,10-12,18H,4,6,9,13-14,28H2,1H3/t18-/m1/s1. The number of halogens is 3. The van der Waals surface area contributed by atoms with E-state index in [0.717, 1.165) is 12.8 Å². The van der Waals surface area contributed by atoms with Crippen molar-refractivity contribution in [1.82, 2.24) is 18.9 Å². The number of hydrogen-bond acceptors (Lipinski definition) is 3. The fourth-order valence-corrected chi connectivity index (χ4v) is 4.68. The highest BCUT2D eigenvalue weighted by molar-refractivity contribution is 5.95. The van der Waals surface area contributed by atoms with Gasteiger partial charge >= 0.3 is 6.18 Å². The molecule has 0 bridgehead atoms. The second kappa shape index (κ2) is 7.91. The van der Waals surface area contributed by atoms with E-state index < -0.39 is 12.7 Å². The second-order valence-corrected chi connectivity index (χ2v) is 8.63. The number of nitrogens with two attached hydrogens (primary N) is 1. The highest BCUT2D eigenvalue weighted by Gasteiger charge is 2.31. The maximum atomic E-state index is 13.4. The van der Waals surface area contributed by atoms with Gasteiger partial charge in [-0.25, -0.2) is 4.98 Å². The van der Waals surface area contributed by atoms with E-state index in [4.69, 9.17) is 5.73 Å². The molecule has 1 aliphatic rings. The Kier molecular flexibility index (Phi) is 5.16. The average molecular weight is 455 g/mol. The van der Waals surface area contributed by atoms with Crippen LogP contribution in [0.2, 0.25) is 0 Å². The number of fused-ring (bicyclic) bond motifs is 2. The van der Waals surface area contributed by atoms with Gasteiger partial charge in [0.05, 0.1) is 5.69 Å². The number of carbonyl (C=O) groups excluding carboxylic acids is 1. The third-order valence-electron chi connectivity index (χ3n) is 6.25. The number of imidazole rings is 1. The predicted octanol–water partition coefficient (Wildman–Crippen LogP) is 4.39. The van der Waals surface area contributed by atoms with E-state index in [2.05, 4.69) is 4.98 Å². The molecule has 172 valence electrons. The maximum Gasteiger partial charge on any atom is 0.406 e. The molecule has 0 spiro atoms. The smallest absolute Gasteiger partial charge is 0.337 e. The number of amides is 1. The summed E-state index contributed by atoms with van der Waals surface area (Å²) in [5.41, 5.74) is 9.07. The van der Waals surface area contributed by atoms with Crippen LogP contribution in [0.25, 0.3) is 27.9 Å². The van der Waals surface area contributed by atoms with Crippen molar-refractivity contribution < 1.29 is 18.0 Å². The largest absolute Gasteiger partial charge is 0.406 e. The number of hydrogen-bond donors (Lipinski definition) is 1. The normalized spacial score (nSPS) is 17.2. The quantitative estimate of drug-likeness (QED) is 0.498. The van der Waals surface area contributed by atoms with Crippen LogP contribution in [-0.2, 0) is 6.54 Å². The van der Waals surface area contributed by atoms with Crippen molar-refractivity contribution in [3.05, 3.63) is 59.9 Å².